The van der Waals surface area contributed by atoms with Gasteiger partial charge in [0.1, 0.15) is 0 Å². The van der Waals surface area contributed by atoms with Crippen molar-refractivity contribution < 1.29 is 9.21 Å². The van der Waals surface area contributed by atoms with Gasteiger partial charge in [0, 0.05) is 31.7 Å². The second-order valence-corrected chi connectivity index (χ2v) is 7.67. The molecule has 0 spiro atoms. The molecule has 0 unspecified atom stereocenters. The van der Waals surface area contributed by atoms with Gasteiger partial charge in [0.15, 0.2) is 11.5 Å². The van der Waals surface area contributed by atoms with Gasteiger partial charge in [-0.1, -0.05) is 24.3 Å². The molecule has 2 aliphatic heterocycles. The van der Waals surface area contributed by atoms with Gasteiger partial charge in [0.05, 0.1) is 11.9 Å². The van der Waals surface area contributed by atoms with Crippen LogP contribution in [0, 0.1) is 0 Å². The Kier molecular flexibility index (Phi) is 5.07. The molecule has 3 aromatic rings. The Labute approximate surface area is 179 Å². The number of nitrogens with zero attached hydrogens (tertiary/aromatic N) is 6. The van der Waals surface area contributed by atoms with Crippen molar-refractivity contribution in [2.24, 2.45) is 0 Å². The van der Waals surface area contributed by atoms with Gasteiger partial charge in [0.25, 0.3) is 5.89 Å². The number of aromatic nitrogens is 4. The first-order chi connectivity index (χ1) is 15.2. The van der Waals surface area contributed by atoms with E-state index in [2.05, 4.69) is 20.2 Å². The van der Waals surface area contributed by atoms with Crippen LogP contribution >= 0.6 is 0 Å². The van der Waals surface area contributed by atoms with Crippen molar-refractivity contribution in [2.75, 3.05) is 31.9 Å². The second kappa shape index (κ2) is 8.17. The zero-order valence-corrected chi connectivity index (χ0v) is 17.1. The zero-order valence-electron chi connectivity index (χ0n) is 17.1. The van der Waals surface area contributed by atoms with Gasteiger partial charge in [-0.05, 0) is 37.0 Å². The minimum atomic E-state index is 0.121. The van der Waals surface area contributed by atoms with E-state index in [-0.39, 0.29) is 17.7 Å². The fourth-order valence-corrected chi connectivity index (χ4v) is 3.91. The van der Waals surface area contributed by atoms with Crippen molar-refractivity contribution in [3.05, 3.63) is 48.3 Å². The van der Waals surface area contributed by atoms with Crippen LogP contribution in [0.3, 0.4) is 0 Å². The molecule has 4 heterocycles. The molecule has 1 fully saturated rings. The van der Waals surface area contributed by atoms with Gasteiger partial charge < -0.3 is 20.0 Å². The highest BCUT2D eigenvalue weighted by atomic mass is 16.4. The Bertz CT molecular complexity index is 1120. The summed E-state index contributed by atoms with van der Waals surface area (Å²) < 4.78 is 5.80. The second-order valence-electron chi connectivity index (χ2n) is 7.67. The standard InChI is InChI=1S/C22H23N7O2/c23-19-18(21-27-26-20(31-21)16-6-2-1-3-7-16)25-17(14-24-19)15-8-12-29(13-9-15)22(30)28-10-4-5-11-28/h1-3,6-8,14H,4-5,9-13H2,(H2,23,24). The first-order valence-electron chi connectivity index (χ1n) is 10.4. The van der Waals surface area contributed by atoms with Gasteiger partial charge in [0.2, 0.25) is 5.89 Å². The Morgan fingerprint density at radius 3 is 2.52 bits per heavy atom. The molecular weight excluding hydrogens is 394 g/mol. The predicted molar refractivity (Wildman–Crippen MR) is 116 cm³/mol. The average molecular weight is 417 g/mol. The predicted octanol–water partition coefficient (Wildman–Crippen LogP) is 3.08. The fourth-order valence-electron chi connectivity index (χ4n) is 3.91. The number of urea groups is 1. The summed E-state index contributed by atoms with van der Waals surface area (Å²) in [6, 6.07) is 9.64. The third-order valence-electron chi connectivity index (χ3n) is 5.63. The maximum atomic E-state index is 12.6. The summed E-state index contributed by atoms with van der Waals surface area (Å²) in [6.45, 7) is 2.92. The highest BCUT2D eigenvalue weighted by Gasteiger charge is 2.26. The van der Waals surface area contributed by atoms with Crippen LogP contribution in [-0.4, -0.2) is 62.2 Å². The number of benzene rings is 1. The smallest absolute Gasteiger partial charge is 0.320 e. The SMILES string of the molecule is Nc1ncc(C2=CCN(C(=O)N3CCCC3)CC2)nc1-c1nnc(-c2ccccc2)o1. The van der Waals surface area contributed by atoms with Gasteiger partial charge in [-0.3, -0.25) is 0 Å². The maximum Gasteiger partial charge on any atom is 0.320 e. The van der Waals surface area contributed by atoms with Crippen molar-refractivity contribution in [1.82, 2.24) is 30.0 Å². The average Bonchev–Trinajstić information content (AvgIpc) is 3.52. The number of carbonyl (C=O) groups excluding carboxylic acids is 1. The van der Waals surface area contributed by atoms with Crippen LogP contribution < -0.4 is 5.73 Å². The number of nitrogens with two attached hydrogens (primary N) is 1. The molecule has 0 atom stereocenters. The summed E-state index contributed by atoms with van der Waals surface area (Å²) in [5.41, 5.74) is 8.97. The summed E-state index contributed by atoms with van der Waals surface area (Å²) in [5, 5.41) is 8.22. The van der Waals surface area contributed by atoms with E-state index in [1.165, 1.54) is 0 Å². The minimum Gasteiger partial charge on any atom is -0.414 e. The molecule has 5 rings (SSSR count). The van der Waals surface area contributed by atoms with E-state index in [1.807, 2.05) is 46.2 Å². The van der Waals surface area contributed by atoms with Crippen LogP contribution in [0.5, 0.6) is 0 Å². The van der Waals surface area contributed by atoms with Crippen molar-refractivity contribution in [3.8, 4) is 23.0 Å². The molecule has 0 radical (unpaired) electrons. The third kappa shape index (κ3) is 3.86. The largest absolute Gasteiger partial charge is 0.414 e. The third-order valence-corrected chi connectivity index (χ3v) is 5.63. The topological polar surface area (TPSA) is 114 Å². The highest BCUT2D eigenvalue weighted by Crippen LogP contribution is 2.28. The Balaban J connectivity index is 1.36. The Morgan fingerprint density at radius 2 is 1.77 bits per heavy atom. The lowest BCUT2D eigenvalue weighted by molar-refractivity contribution is 0.167. The molecular formula is C22H23N7O2. The molecule has 0 aliphatic carbocycles. The lowest BCUT2D eigenvalue weighted by Gasteiger charge is -2.30. The normalized spacial score (nSPS) is 16.5. The van der Waals surface area contributed by atoms with E-state index < -0.39 is 0 Å². The summed E-state index contributed by atoms with van der Waals surface area (Å²) in [4.78, 5) is 25.3. The van der Waals surface area contributed by atoms with Crippen LogP contribution in [0.25, 0.3) is 28.6 Å². The molecule has 31 heavy (non-hydrogen) atoms. The number of carbonyl (C=O) groups is 1. The molecule has 9 nitrogen and oxygen atoms in total. The van der Waals surface area contributed by atoms with Gasteiger partial charge in [-0.15, -0.1) is 10.2 Å². The van der Waals surface area contributed by atoms with Crippen molar-refractivity contribution in [2.45, 2.75) is 19.3 Å². The van der Waals surface area contributed by atoms with Crippen LogP contribution in [0.2, 0.25) is 0 Å². The molecule has 1 aromatic carbocycles. The van der Waals surface area contributed by atoms with E-state index >= 15 is 0 Å². The number of hydrogen-bond acceptors (Lipinski definition) is 7. The molecule has 158 valence electrons. The molecule has 2 aromatic heterocycles. The van der Waals surface area contributed by atoms with Crippen LogP contribution in [0.4, 0.5) is 10.6 Å². The van der Waals surface area contributed by atoms with Crippen molar-refractivity contribution in [1.29, 1.82) is 0 Å². The summed E-state index contributed by atoms with van der Waals surface area (Å²) >= 11 is 0. The number of anilines is 1. The van der Waals surface area contributed by atoms with Crippen LogP contribution in [0.1, 0.15) is 25.0 Å². The maximum absolute atomic E-state index is 12.6. The van der Waals surface area contributed by atoms with Gasteiger partial charge in [-0.2, -0.15) is 0 Å². The summed E-state index contributed by atoms with van der Waals surface area (Å²) in [7, 11) is 0. The lowest BCUT2D eigenvalue weighted by Crippen LogP contribution is -2.43. The number of hydrogen-bond donors (Lipinski definition) is 1. The van der Waals surface area contributed by atoms with Crippen LogP contribution in [-0.2, 0) is 0 Å². The van der Waals surface area contributed by atoms with Gasteiger partial charge in [-0.25, -0.2) is 14.8 Å². The molecule has 0 saturated carbocycles. The Hall–Kier alpha value is -3.75. The molecule has 2 amide bonds. The van der Waals surface area contributed by atoms with Crippen LogP contribution in [0.15, 0.2) is 47.0 Å². The minimum absolute atomic E-state index is 0.121. The van der Waals surface area contributed by atoms with Crippen molar-refractivity contribution >= 4 is 17.4 Å². The number of nitrogen functional groups attached to an aromatic ring is 1. The molecule has 9 heteroatoms. The number of amides is 2. The highest BCUT2D eigenvalue weighted by molar-refractivity contribution is 5.77. The first-order valence-corrected chi connectivity index (χ1v) is 10.4. The van der Waals surface area contributed by atoms with E-state index in [4.69, 9.17) is 10.2 Å². The van der Waals surface area contributed by atoms with E-state index in [9.17, 15) is 4.79 Å². The number of rotatable bonds is 3. The molecule has 2 N–H and O–H groups in total. The lowest BCUT2D eigenvalue weighted by atomic mass is 10.1. The summed E-state index contributed by atoms with van der Waals surface area (Å²) in [6.07, 6.45) is 6.57. The molecule has 2 aliphatic rings. The quantitative estimate of drug-likeness (QED) is 0.696. The molecule has 1 saturated heterocycles. The van der Waals surface area contributed by atoms with E-state index in [1.54, 1.807) is 6.20 Å². The van der Waals surface area contributed by atoms with E-state index in [0.29, 0.717) is 36.8 Å². The number of likely N-dealkylation sites (tertiary alicyclic amines) is 1. The van der Waals surface area contributed by atoms with Crippen molar-refractivity contribution in [3.63, 3.8) is 0 Å². The van der Waals surface area contributed by atoms with E-state index in [0.717, 1.165) is 37.1 Å². The van der Waals surface area contributed by atoms with Gasteiger partial charge >= 0.3 is 6.03 Å². The Morgan fingerprint density at radius 1 is 1.00 bits per heavy atom. The first kappa shape index (κ1) is 19.2. The molecule has 0 bridgehead atoms. The fraction of sp³-hybridized carbons (Fsp3) is 0.318. The monoisotopic (exact) mass is 417 g/mol. The zero-order chi connectivity index (χ0) is 21.2. The summed E-state index contributed by atoms with van der Waals surface area (Å²) in [5.74, 6) is 0.859.